The highest BCUT2D eigenvalue weighted by atomic mass is 32.1. The molecular formula is C16H16N4O2S. The number of carbonyl (C=O) groups excluding carboxylic acids is 1. The summed E-state index contributed by atoms with van der Waals surface area (Å²) in [6.45, 7) is 5.81. The summed E-state index contributed by atoms with van der Waals surface area (Å²) in [6.07, 6.45) is 2.26. The second-order valence-electron chi connectivity index (χ2n) is 5.14. The van der Waals surface area contributed by atoms with E-state index in [-0.39, 0.29) is 17.5 Å². The number of aromatic hydroxyl groups is 1. The monoisotopic (exact) mass is 328 g/mol. The van der Waals surface area contributed by atoms with Gasteiger partial charge in [0.1, 0.15) is 10.7 Å². The minimum Gasteiger partial charge on any atom is -0.504 e. The fourth-order valence-electron chi connectivity index (χ4n) is 2.43. The van der Waals surface area contributed by atoms with Gasteiger partial charge in [-0.2, -0.15) is 0 Å². The van der Waals surface area contributed by atoms with E-state index in [4.69, 9.17) is 0 Å². The van der Waals surface area contributed by atoms with Crippen LogP contribution >= 0.6 is 11.3 Å². The molecule has 0 unspecified atom stereocenters. The van der Waals surface area contributed by atoms with Gasteiger partial charge in [-0.3, -0.25) is 4.79 Å². The smallest absolute Gasteiger partial charge is 0.267 e. The summed E-state index contributed by atoms with van der Waals surface area (Å²) in [5, 5.41) is 13.3. The number of aryl methyl sites for hydroxylation is 3. The second kappa shape index (κ2) is 5.92. The summed E-state index contributed by atoms with van der Waals surface area (Å²) in [5.41, 5.74) is 1.72. The minimum atomic E-state index is -0.308. The summed E-state index contributed by atoms with van der Waals surface area (Å²) >= 11 is 1.33. The van der Waals surface area contributed by atoms with Gasteiger partial charge in [-0.15, -0.1) is 11.3 Å². The average molecular weight is 328 g/mol. The highest BCUT2D eigenvalue weighted by molar-refractivity contribution is 7.20. The molecule has 1 amide bonds. The van der Waals surface area contributed by atoms with Crippen LogP contribution in [0.5, 0.6) is 5.75 Å². The SMILES string of the molecule is CCc1nc(C)c2c(C)c(C(=O)Nc3ncccc3O)sc2n1. The number of hydrogen-bond acceptors (Lipinski definition) is 6. The van der Waals surface area contributed by atoms with Gasteiger partial charge in [0.2, 0.25) is 0 Å². The van der Waals surface area contributed by atoms with Gasteiger partial charge in [0.15, 0.2) is 11.6 Å². The number of nitrogens with zero attached hydrogens (tertiary/aromatic N) is 3. The molecule has 0 atom stereocenters. The van der Waals surface area contributed by atoms with Crippen LogP contribution in [0.4, 0.5) is 5.82 Å². The Morgan fingerprint density at radius 2 is 2.13 bits per heavy atom. The number of anilines is 1. The van der Waals surface area contributed by atoms with E-state index in [1.54, 1.807) is 6.07 Å². The second-order valence-corrected chi connectivity index (χ2v) is 6.14. The van der Waals surface area contributed by atoms with Crippen molar-refractivity contribution in [2.45, 2.75) is 27.2 Å². The third-order valence-corrected chi connectivity index (χ3v) is 4.74. The van der Waals surface area contributed by atoms with E-state index in [0.29, 0.717) is 4.88 Å². The Bertz CT molecular complexity index is 904. The van der Waals surface area contributed by atoms with E-state index in [2.05, 4.69) is 20.3 Å². The Kier molecular flexibility index (Phi) is 3.96. The van der Waals surface area contributed by atoms with Crippen molar-refractivity contribution >= 4 is 33.3 Å². The van der Waals surface area contributed by atoms with Gasteiger partial charge in [0.25, 0.3) is 5.91 Å². The summed E-state index contributed by atoms with van der Waals surface area (Å²) in [7, 11) is 0. The predicted octanol–water partition coefficient (Wildman–Crippen LogP) is 3.22. The maximum atomic E-state index is 12.5. The van der Waals surface area contributed by atoms with Crippen LogP contribution in [0.15, 0.2) is 18.3 Å². The van der Waals surface area contributed by atoms with Crippen LogP contribution < -0.4 is 5.32 Å². The first-order valence-corrected chi connectivity index (χ1v) is 8.04. The summed E-state index contributed by atoms with van der Waals surface area (Å²) in [6, 6.07) is 3.07. The van der Waals surface area contributed by atoms with Gasteiger partial charge in [-0.1, -0.05) is 6.92 Å². The number of aromatic nitrogens is 3. The van der Waals surface area contributed by atoms with Crippen molar-refractivity contribution in [2.75, 3.05) is 5.32 Å². The lowest BCUT2D eigenvalue weighted by atomic mass is 10.1. The Morgan fingerprint density at radius 1 is 1.35 bits per heavy atom. The van der Waals surface area contributed by atoms with Gasteiger partial charge < -0.3 is 10.4 Å². The fourth-order valence-corrected chi connectivity index (χ4v) is 3.57. The fraction of sp³-hybridized carbons (Fsp3) is 0.250. The van der Waals surface area contributed by atoms with Crippen molar-refractivity contribution in [1.82, 2.24) is 15.0 Å². The zero-order chi connectivity index (χ0) is 16.6. The van der Waals surface area contributed by atoms with Gasteiger partial charge in [-0.05, 0) is 31.5 Å². The molecule has 2 N–H and O–H groups in total. The topological polar surface area (TPSA) is 88.0 Å². The lowest BCUT2D eigenvalue weighted by Crippen LogP contribution is -2.12. The first kappa shape index (κ1) is 15.4. The van der Waals surface area contributed by atoms with Crippen LogP contribution in [-0.4, -0.2) is 26.0 Å². The molecule has 0 aliphatic carbocycles. The molecule has 0 aliphatic heterocycles. The first-order chi connectivity index (χ1) is 11.0. The van der Waals surface area contributed by atoms with Gasteiger partial charge in [-0.25, -0.2) is 15.0 Å². The molecule has 0 spiro atoms. The molecule has 3 aromatic rings. The van der Waals surface area contributed by atoms with Crippen molar-refractivity contribution in [3.63, 3.8) is 0 Å². The number of carbonyl (C=O) groups is 1. The Labute approximate surface area is 137 Å². The standard InChI is InChI=1S/C16H16N4O2S/c1-4-11-18-9(3)12-8(2)13(23-16(12)19-11)15(22)20-14-10(21)6-5-7-17-14/h5-7,21H,4H2,1-3H3,(H,17,20,22). The third kappa shape index (κ3) is 2.75. The van der Waals surface area contributed by atoms with Crippen molar-refractivity contribution < 1.29 is 9.90 Å². The Hall–Kier alpha value is -2.54. The van der Waals surface area contributed by atoms with E-state index in [1.807, 2.05) is 20.8 Å². The van der Waals surface area contributed by atoms with Crippen LogP contribution in [0.25, 0.3) is 10.2 Å². The number of rotatable bonds is 3. The van der Waals surface area contributed by atoms with E-state index in [0.717, 1.165) is 33.7 Å². The van der Waals surface area contributed by atoms with Crippen molar-refractivity contribution in [1.29, 1.82) is 0 Å². The molecule has 0 saturated carbocycles. The highest BCUT2D eigenvalue weighted by Crippen LogP contribution is 2.32. The van der Waals surface area contributed by atoms with Crippen LogP contribution in [0.3, 0.4) is 0 Å². The maximum absolute atomic E-state index is 12.5. The van der Waals surface area contributed by atoms with Crippen molar-refractivity contribution in [3.05, 3.63) is 40.3 Å². The number of amides is 1. The van der Waals surface area contributed by atoms with Crippen molar-refractivity contribution in [3.8, 4) is 5.75 Å². The molecule has 0 fully saturated rings. The number of pyridine rings is 1. The van der Waals surface area contributed by atoms with Crippen molar-refractivity contribution in [2.24, 2.45) is 0 Å². The number of fused-ring (bicyclic) bond motifs is 1. The summed E-state index contributed by atoms with van der Waals surface area (Å²) in [4.78, 5) is 26.8. The largest absolute Gasteiger partial charge is 0.504 e. The third-order valence-electron chi connectivity index (χ3n) is 3.56. The summed E-state index contributed by atoms with van der Waals surface area (Å²) in [5.74, 6) is 0.540. The van der Waals surface area contributed by atoms with E-state index < -0.39 is 0 Å². The Morgan fingerprint density at radius 3 is 2.83 bits per heavy atom. The molecule has 3 heterocycles. The predicted molar refractivity (Wildman–Crippen MR) is 90.1 cm³/mol. The molecule has 0 saturated heterocycles. The average Bonchev–Trinajstić information content (AvgIpc) is 2.87. The molecule has 0 aromatic carbocycles. The minimum absolute atomic E-state index is 0.0659. The molecule has 3 aromatic heterocycles. The quantitative estimate of drug-likeness (QED) is 0.770. The molecule has 0 aliphatic rings. The lowest BCUT2D eigenvalue weighted by Gasteiger charge is -2.05. The van der Waals surface area contributed by atoms with Crippen LogP contribution in [0.1, 0.15) is 33.7 Å². The van der Waals surface area contributed by atoms with E-state index >= 15 is 0 Å². The van der Waals surface area contributed by atoms with E-state index in [9.17, 15) is 9.90 Å². The van der Waals surface area contributed by atoms with Gasteiger partial charge in [0, 0.05) is 23.7 Å². The van der Waals surface area contributed by atoms with Crippen LogP contribution in [0.2, 0.25) is 0 Å². The highest BCUT2D eigenvalue weighted by Gasteiger charge is 2.20. The summed E-state index contributed by atoms with van der Waals surface area (Å²) < 4.78 is 0. The molecule has 118 valence electrons. The molecular weight excluding hydrogens is 312 g/mol. The number of hydrogen-bond donors (Lipinski definition) is 2. The molecule has 23 heavy (non-hydrogen) atoms. The molecule has 7 heteroatoms. The van der Waals surface area contributed by atoms with Crippen LogP contribution in [-0.2, 0) is 6.42 Å². The van der Waals surface area contributed by atoms with Crippen LogP contribution in [0, 0.1) is 13.8 Å². The zero-order valence-corrected chi connectivity index (χ0v) is 13.9. The first-order valence-electron chi connectivity index (χ1n) is 7.23. The number of thiophene rings is 1. The molecule has 0 radical (unpaired) electrons. The Balaban J connectivity index is 2.03. The zero-order valence-electron chi connectivity index (χ0n) is 13.0. The molecule has 6 nitrogen and oxygen atoms in total. The normalized spacial score (nSPS) is 10.9. The molecule has 3 rings (SSSR count). The number of nitrogens with one attached hydrogen (secondary N) is 1. The molecule has 0 bridgehead atoms. The van der Waals surface area contributed by atoms with E-state index in [1.165, 1.54) is 23.6 Å². The van der Waals surface area contributed by atoms with Gasteiger partial charge in [0.05, 0.1) is 4.88 Å². The maximum Gasteiger partial charge on any atom is 0.267 e. The lowest BCUT2D eigenvalue weighted by molar-refractivity contribution is 0.102. The van der Waals surface area contributed by atoms with Gasteiger partial charge >= 0.3 is 0 Å².